The highest BCUT2D eigenvalue weighted by molar-refractivity contribution is 5.92. The molecule has 17 heavy (non-hydrogen) atoms. The highest BCUT2D eigenvalue weighted by Crippen LogP contribution is 2.21. The first kappa shape index (κ1) is 10.8. The molecule has 1 unspecified atom stereocenters. The van der Waals surface area contributed by atoms with Crippen LogP contribution in [0.2, 0.25) is 0 Å². The van der Waals surface area contributed by atoms with Crippen LogP contribution >= 0.6 is 0 Å². The standard InChI is InChI=1S/C12H17N3O2/c16-12(9-4-6-17-8-9)14-11-7-13-10-3-1-2-5-15(10)11/h7,9H,1-6,8H2,(H,14,16). The van der Waals surface area contributed by atoms with E-state index in [-0.39, 0.29) is 11.8 Å². The van der Waals surface area contributed by atoms with Gasteiger partial charge in [-0.25, -0.2) is 4.98 Å². The Kier molecular flexibility index (Phi) is 2.84. The summed E-state index contributed by atoms with van der Waals surface area (Å²) in [5.41, 5.74) is 0. The van der Waals surface area contributed by atoms with Crippen LogP contribution in [0.15, 0.2) is 6.20 Å². The number of hydrogen-bond donors (Lipinski definition) is 1. The van der Waals surface area contributed by atoms with Gasteiger partial charge in [0.25, 0.3) is 0 Å². The fraction of sp³-hybridized carbons (Fsp3) is 0.667. The number of amides is 1. The average Bonchev–Trinajstić information content (AvgIpc) is 2.98. The van der Waals surface area contributed by atoms with Crippen LogP contribution in [0.25, 0.3) is 0 Å². The van der Waals surface area contributed by atoms with Crippen LogP contribution in [0.1, 0.15) is 25.1 Å². The number of nitrogens with one attached hydrogen (secondary N) is 1. The van der Waals surface area contributed by atoms with Crippen LogP contribution in [0, 0.1) is 5.92 Å². The number of aromatic nitrogens is 2. The number of nitrogens with zero attached hydrogens (tertiary/aromatic N) is 2. The second-order valence-corrected chi connectivity index (χ2v) is 4.72. The lowest BCUT2D eigenvalue weighted by molar-refractivity contribution is -0.119. The Labute approximate surface area is 100 Å². The van der Waals surface area contributed by atoms with Gasteiger partial charge in [-0.1, -0.05) is 0 Å². The smallest absolute Gasteiger partial charge is 0.231 e. The predicted octanol–water partition coefficient (Wildman–Crippen LogP) is 1.19. The second kappa shape index (κ2) is 4.49. The molecule has 5 heteroatoms. The van der Waals surface area contributed by atoms with E-state index >= 15 is 0 Å². The first-order valence-electron chi connectivity index (χ1n) is 6.27. The van der Waals surface area contributed by atoms with Crippen molar-refractivity contribution < 1.29 is 9.53 Å². The lowest BCUT2D eigenvalue weighted by Crippen LogP contribution is -2.25. The number of fused-ring (bicyclic) bond motifs is 1. The third-order valence-corrected chi connectivity index (χ3v) is 3.52. The largest absolute Gasteiger partial charge is 0.381 e. The Morgan fingerprint density at radius 3 is 3.29 bits per heavy atom. The Morgan fingerprint density at radius 2 is 2.47 bits per heavy atom. The van der Waals surface area contributed by atoms with E-state index in [2.05, 4.69) is 14.9 Å². The van der Waals surface area contributed by atoms with Crippen molar-refractivity contribution in [2.75, 3.05) is 18.5 Å². The van der Waals surface area contributed by atoms with Gasteiger partial charge in [0.05, 0.1) is 18.7 Å². The maximum absolute atomic E-state index is 12.0. The Bertz CT molecular complexity index is 421. The maximum atomic E-state index is 12.0. The quantitative estimate of drug-likeness (QED) is 0.837. The number of hydrogen-bond acceptors (Lipinski definition) is 3. The zero-order valence-corrected chi connectivity index (χ0v) is 9.82. The Hall–Kier alpha value is -1.36. The molecule has 0 spiro atoms. The van der Waals surface area contributed by atoms with Gasteiger partial charge in [-0.15, -0.1) is 0 Å². The zero-order valence-electron chi connectivity index (χ0n) is 9.82. The molecule has 5 nitrogen and oxygen atoms in total. The summed E-state index contributed by atoms with van der Waals surface area (Å²) in [4.78, 5) is 16.3. The molecule has 0 aliphatic carbocycles. The molecule has 0 bridgehead atoms. The summed E-state index contributed by atoms with van der Waals surface area (Å²) in [6.07, 6.45) is 5.98. The molecule has 1 fully saturated rings. The fourth-order valence-corrected chi connectivity index (χ4v) is 2.49. The van der Waals surface area contributed by atoms with Gasteiger partial charge in [-0.2, -0.15) is 0 Å². The molecule has 1 amide bonds. The number of carbonyl (C=O) groups excluding carboxylic acids is 1. The number of anilines is 1. The summed E-state index contributed by atoms with van der Waals surface area (Å²) in [6.45, 7) is 2.21. The topological polar surface area (TPSA) is 56.2 Å². The lowest BCUT2D eigenvalue weighted by atomic mass is 10.1. The minimum atomic E-state index is 0.00439. The van der Waals surface area contributed by atoms with E-state index in [0.29, 0.717) is 13.2 Å². The van der Waals surface area contributed by atoms with Crippen LogP contribution < -0.4 is 5.32 Å². The van der Waals surface area contributed by atoms with Gasteiger partial charge >= 0.3 is 0 Å². The molecule has 1 N–H and O–H groups in total. The molecule has 0 radical (unpaired) electrons. The second-order valence-electron chi connectivity index (χ2n) is 4.72. The van der Waals surface area contributed by atoms with E-state index in [0.717, 1.165) is 31.0 Å². The van der Waals surface area contributed by atoms with Gasteiger partial charge in [-0.05, 0) is 19.3 Å². The van der Waals surface area contributed by atoms with E-state index in [9.17, 15) is 4.79 Å². The van der Waals surface area contributed by atoms with E-state index in [1.807, 2.05) is 0 Å². The van der Waals surface area contributed by atoms with Gasteiger partial charge in [0.15, 0.2) is 0 Å². The molecular formula is C12H17N3O2. The maximum Gasteiger partial charge on any atom is 0.231 e. The van der Waals surface area contributed by atoms with Crippen molar-refractivity contribution in [3.05, 3.63) is 12.0 Å². The van der Waals surface area contributed by atoms with Crippen molar-refractivity contribution in [2.45, 2.75) is 32.2 Å². The van der Waals surface area contributed by atoms with E-state index in [1.54, 1.807) is 6.20 Å². The fourth-order valence-electron chi connectivity index (χ4n) is 2.49. The summed E-state index contributed by atoms with van der Waals surface area (Å²) < 4.78 is 7.35. The molecule has 0 saturated carbocycles. The van der Waals surface area contributed by atoms with E-state index < -0.39 is 0 Å². The lowest BCUT2D eigenvalue weighted by Gasteiger charge is -2.17. The highest BCUT2D eigenvalue weighted by Gasteiger charge is 2.25. The van der Waals surface area contributed by atoms with Crippen molar-refractivity contribution in [2.24, 2.45) is 5.92 Å². The average molecular weight is 235 g/mol. The number of ether oxygens (including phenoxy) is 1. The summed E-state index contributed by atoms with van der Waals surface area (Å²) in [6, 6.07) is 0. The third kappa shape index (κ3) is 2.07. The molecule has 2 aliphatic rings. The Morgan fingerprint density at radius 1 is 1.53 bits per heavy atom. The van der Waals surface area contributed by atoms with Crippen molar-refractivity contribution in [1.82, 2.24) is 9.55 Å². The number of carbonyl (C=O) groups is 1. The molecule has 92 valence electrons. The van der Waals surface area contributed by atoms with Gasteiger partial charge < -0.3 is 14.6 Å². The molecule has 1 aromatic rings. The van der Waals surface area contributed by atoms with Crippen molar-refractivity contribution >= 4 is 11.7 Å². The molecule has 2 aliphatic heterocycles. The molecular weight excluding hydrogens is 218 g/mol. The van der Waals surface area contributed by atoms with Gasteiger partial charge in [-0.3, -0.25) is 4.79 Å². The van der Waals surface area contributed by atoms with Gasteiger partial charge in [0, 0.05) is 19.6 Å². The normalized spacial score (nSPS) is 23.4. The van der Waals surface area contributed by atoms with Gasteiger partial charge in [0.2, 0.25) is 5.91 Å². The number of rotatable bonds is 2. The van der Waals surface area contributed by atoms with Crippen LogP contribution in [-0.2, 0) is 22.5 Å². The summed E-state index contributed by atoms with van der Waals surface area (Å²) in [7, 11) is 0. The van der Waals surface area contributed by atoms with Crippen molar-refractivity contribution in [3.63, 3.8) is 0 Å². The highest BCUT2D eigenvalue weighted by atomic mass is 16.5. The predicted molar refractivity (Wildman–Crippen MR) is 62.7 cm³/mol. The molecule has 3 rings (SSSR count). The minimum Gasteiger partial charge on any atom is -0.381 e. The van der Waals surface area contributed by atoms with Crippen molar-refractivity contribution in [1.29, 1.82) is 0 Å². The SMILES string of the molecule is O=C(Nc1cnc2n1CCCC2)C1CCOC1. The van der Waals surface area contributed by atoms with Crippen LogP contribution in [-0.4, -0.2) is 28.7 Å². The van der Waals surface area contributed by atoms with Crippen molar-refractivity contribution in [3.8, 4) is 0 Å². The summed E-state index contributed by atoms with van der Waals surface area (Å²) >= 11 is 0. The first-order valence-corrected chi connectivity index (χ1v) is 6.27. The van der Waals surface area contributed by atoms with Gasteiger partial charge in [0.1, 0.15) is 11.6 Å². The molecule has 1 atom stereocenters. The zero-order chi connectivity index (χ0) is 11.7. The molecule has 3 heterocycles. The van der Waals surface area contributed by atoms with Crippen LogP contribution in [0.5, 0.6) is 0 Å². The third-order valence-electron chi connectivity index (χ3n) is 3.52. The Balaban J connectivity index is 1.72. The summed E-state index contributed by atoms with van der Waals surface area (Å²) in [5, 5.41) is 2.97. The van der Waals surface area contributed by atoms with Crippen LogP contribution in [0.3, 0.4) is 0 Å². The molecule has 1 saturated heterocycles. The minimum absolute atomic E-state index is 0.00439. The summed E-state index contributed by atoms with van der Waals surface area (Å²) in [5.74, 6) is 2.01. The molecule has 0 aromatic carbocycles. The number of aryl methyl sites for hydroxylation is 1. The first-order chi connectivity index (χ1) is 8.34. The number of imidazole rings is 1. The monoisotopic (exact) mass is 235 g/mol. The van der Waals surface area contributed by atoms with Crippen LogP contribution in [0.4, 0.5) is 5.82 Å². The van der Waals surface area contributed by atoms with E-state index in [4.69, 9.17) is 4.74 Å². The van der Waals surface area contributed by atoms with E-state index in [1.165, 1.54) is 12.8 Å². The molecule has 1 aromatic heterocycles.